The number of carbonyl (C=O) groups is 2. The summed E-state index contributed by atoms with van der Waals surface area (Å²) in [7, 11) is 0. The Balaban J connectivity index is 1.40. The molecule has 1 saturated heterocycles. The van der Waals surface area contributed by atoms with Gasteiger partial charge in [-0.2, -0.15) is 0 Å². The van der Waals surface area contributed by atoms with Crippen LogP contribution in [0.1, 0.15) is 45.1 Å². The average Bonchev–Trinajstić information content (AvgIpc) is 2.81. The summed E-state index contributed by atoms with van der Waals surface area (Å²) < 4.78 is 5.97. The van der Waals surface area contributed by atoms with Gasteiger partial charge in [0, 0.05) is 38.4 Å². The minimum absolute atomic E-state index is 0.0298. The minimum atomic E-state index is -1.59. The molecule has 7 nitrogen and oxygen atoms in total. The number of piperidine rings is 1. The van der Waals surface area contributed by atoms with Gasteiger partial charge in [0.05, 0.1) is 0 Å². The molecule has 0 spiro atoms. The number of rotatable bonds is 7. The normalized spacial score (nSPS) is 21.7. The van der Waals surface area contributed by atoms with E-state index in [1.807, 2.05) is 6.07 Å². The monoisotopic (exact) mass is 436 g/mol. The van der Waals surface area contributed by atoms with Gasteiger partial charge in [0.1, 0.15) is 0 Å². The Morgan fingerprint density at radius 3 is 2.66 bits per heavy atom. The number of amides is 2. The molecule has 0 bridgehead atoms. The molecule has 1 N–H and O–H groups in total. The highest BCUT2D eigenvalue weighted by Gasteiger charge is 2.51. The first kappa shape index (κ1) is 22.3. The third-order valence-corrected chi connectivity index (χ3v) is 6.31. The zero-order valence-electron chi connectivity index (χ0n) is 18.9. The number of benzene rings is 1. The Morgan fingerprint density at radius 1 is 1.19 bits per heavy atom. The summed E-state index contributed by atoms with van der Waals surface area (Å²) in [5, 5.41) is 3.09. The maximum Gasteiger partial charge on any atom is 0.282 e. The van der Waals surface area contributed by atoms with Crippen molar-refractivity contribution in [2.24, 2.45) is 0 Å². The Labute approximate surface area is 189 Å². The molecule has 1 atom stereocenters. The number of likely N-dealkylation sites (tertiary alicyclic amines) is 1. The number of hydrogen-bond donors (Lipinski definition) is 1. The van der Waals surface area contributed by atoms with Crippen LogP contribution in [0.25, 0.3) is 0 Å². The van der Waals surface area contributed by atoms with E-state index < -0.39 is 5.60 Å². The molecule has 170 valence electrons. The predicted molar refractivity (Wildman–Crippen MR) is 123 cm³/mol. The molecule has 0 saturated carbocycles. The SMILES string of the molecule is CCCCN1C(=O)C(C)(C(=O)NC2CCN(Cc3ccccc3)CC2)Oc2cccnc21. The topological polar surface area (TPSA) is 74.8 Å². The third-order valence-electron chi connectivity index (χ3n) is 6.31. The number of unbranched alkanes of at least 4 members (excludes halogenated alkanes) is 1. The maximum absolute atomic E-state index is 13.3. The molecule has 7 heteroatoms. The van der Waals surface area contributed by atoms with E-state index in [1.165, 1.54) is 5.56 Å². The molecule has 3 heterocycles. The van der Waals surface area contributed by atoms with Crippen molar-refractivity contribution < 1.29 is 14.3 Å². The summed E-state index contributed by atoms with van der Waals surface area (Å²) in [6, 6.07) is 14.0. The molecule has 1 aromatic carbocycles. The van der Waals surface area contributed by atoms with E-state index in [1.54, 1.807) is 30.2 Å². The number of nitrogens with one attached hydrogen (secondary N) is 1. The van der Waals surface area contributed by atoms with Crippen molar-refractivity contribution in [2.45, 2.75) is 57.7 Å². The second-order valence-corrected chi connectivity index (χ2v) is 8.78. The van der Waals surface area contributed by atoms with Crippen LogP contribution in [0.3, 0.4) is 0 Å². The maximum atomic E-state index is 13.3. The van der Waals surface area contributed by atoms with Gasteiger partial charge in [0.2, 0.25) is 0 Å². The van der Waals surface area contributed by atoms with Crippen LogP contribution < -0.4 is 15.0 Å². The Kier molecular flexibility index (Phi) is 6.74. The van der Waals surface area contributed by atoms with Crippen LogP contribution in [0.4, 0.5) is 5.82 Å². The second kappa shape index (κ2) is 9.69. The van der Waals surface area contributed by atoms with Crippen LogP contribution >= 0.6 is 0 Å². The van der Waals surface area contributed by atoms with Crippen molar-refractivity contribution in [2.75, 3.05) is 24.5 Å². The summed E-state index contributed by atoms with van der Waals surface area (Å²) in [6.45, 7) is 6.88. The fourth-order valence-electron chi connectivity index (χ4n) is 4.35. The number of hydrogen-bond acceptors (Lipinski definition) is 5. The Bertz CT molecular complexity index is 943. The van der Waals surface area contributed by atoms with Gasteiger partial charge < -0.3 is 10.1 Å². The highest BCUT2D eigenvalue weighted by atomic mass is 16.5. The fraction of sp³-hybridized carbons (Fsp3) is 0.480. The zero-order valence-corrected chi connectivity index (χ0v) is 18.9. The number of aromatic nitrogens is 1. The summed E-state index contributed by atoms with van der Waals surface area (Å²) in [4.78, 5) is 35.0. The lowest BCUT2D eigenvalue weighted by Crippen LogP contribution is -2.64. The van der Waals surface area contributed by atoms with Crippen molar-refractivity contribution in [3.63, 3.8) is 0 Å². The first-order chi connectivity index (χ1) is 15.5. The summed E-state index contributed by atoms with van der Waals surface area (Å²) >= 11 is 0. The minimum Gasteiger partial charge on any atom is -0.464 e. The number of pyridine rings is 1. The van der Waals surface area contributed by atoms with Crippen LogP contribution in [-0.2, 0) is 16.1 Å². The highest BCUT2D eigenvalue weighted by Crippen LogP contribution is 2.36. The fourth-order valence-corrected chi connectivity index (χ4v) is 4.35. The van der Waals surface area contributed by atoms with Crippen LogP contribution in [-0.4, -0.2) is 53.0 Å². The summed E-state index contributed by atoms with van der Waals surface area (Å²) in [6.07, 6.45) is 5.11. The van der Waals surface area contributed by atoms with E-state index in [0.717, 1.165) is 45.3 Å². The Hall–Kier alpha value is -2.93. The summed E-state index contributed by atoms with van der Waals surface area (Å²) in [5.74, 6) is 0.236. The predicted octanol–water partition coefficient (Wildman–Crippen LogP) is 3.15. The molecule has 2 aromatic rings. The standard InChI is InChI=1S/C25H32N4O3/c1-3-4-15-29-22-21(11-8-14-26-22)32-25(2,24(29)31)23(30)27-20-12-16-28(17-13-20)18-19-9-6-5-7-10-19/h5-11,14,20H,3-4,12-13,15-18H2,1-2H3,(H,27,30). The number of fused-ring (bicyclic) bond motifs is 1. The van der Waals surface area contributed by atoms with E-state index in [9.17, 15) is 9.59 Å². The van der Waals surface area contributed by atoms with E-state index in [2.05, 4.69) is 46.4 Å². The smallest absolute Gasteiger partial charge is 0.282 e. The number of nitrogens with zero attached hydrogens (tertiary/aromatic N) is 3. The Morgan fingerprint density at radius 2 is 1.94 bits per heavy atom. The van der Waals surface area contributed by atoms with Crippen molar-refractivity contribution in [1.82, 2.24) is 15.2 Å². The molecular weight excluding hydrogens is 404 g/mol. The summed E-state index contributed by atoms with van der Waals surface area (Å²) in [5.41, 5.74) is -0.298. The van der Waals surface area contributed by atoms with Gasteiger partial charge in [-0.05, 0) is 43.9 Å². The van der Waals surface area contributed by atoms with Gasteiger partial charge in [-0.1, -0.05) is 43.7 Å². The molecule has 0 aliphatic carbocycles. The average molecular weight is 437 g/mol. The molecule has 32 heavy (non-hydrogen) atoms. The number of carbonyl (C=O) groups excluding carboxylic acids is 2. The van der Waals surface area contributed by atoms with Gasteiger partial charge >= 0.3 is 0 Å². The van der Waals surface area contributed by atoms with Gasteiger partial charge in [0.15, 0.2) is 11.6 Å². The lowest BCUT2D eigenvalue weighted by Gasteiger charge is -2.40. The molecule has 1 unspecified atom stereocenters. The van der Waals surface area contributed by atoms with Crippen molar-refractivity contribution in [1.29, 1.82) is 0 Å². The van der Waals surface area contributed by atoms with Gasteiger partial charge in [-0.15, -0.1) is 0 Å². The molecule has 2 amide bonds. The molecular formula is C25H32N4O3. The van der Waals surface area contributed by atoms with E-state index in [4.69, 9.17) is 4.74 Å². The van der Waals surface area contributed by atoms with Gasteiger partial charge in [-0.25, -0.2) is 4.98 Å². The van der Waals surface area contributed by atoms with E-state index >= 15 is 0 Å². The number of anilines is 1. The third kappa shape index (κ3) is 4.63. The first-order valence-corrected chi connectivity index (χ1v) is 11.5. The first-order valence-electron chi connectivity index (χ1n) is 11.5. The highest BCUT2D eigenvalue weighted by molar-refractivity contribution is 6.16. The van der Waals surface area contributed by atoms with E-state index in [-0.39, 0.29) is 17.9 Å². The quantitative estimate of drug-likeness (QED) is 0.675. The van der Waals surface area contributed by atoms with Crippen molar-refractivity contribution in [3.8, 4) is 5.75 Å². The number of ether oxygens (including phenoxy) is 1. The largest absolute Gasteiger partial charge is 0.464 e. The van der Waals surface area contributed by atoms with Crippen molar-refractivity contribution >= 4 is 17.6 Å². The molecule has 0 radical (unpaired) electrons. The second-order valence-electron chi connectivity index (χ2n) is 8.78. The molecule has 2 aliphatic rings. The zero-order chi connectivity index (χ0) is 22.6. The molecule has 1 aromatic heterocycles. The van der Waals surface area contributed by atoms with Crippen LogP contribution in [0.2, 0.25) is 0 Å². The lowest BCUT2D eigenvalue weighted by atomic mass is 9.98. The molecule has 2 aliphatic heterocycles. The van der Waals surface area contributed by atoms with Crippen LogP contribution in [0.15, 0.2) is 48.7 Å². The van der Waals surface area contributed by atoms with Gasteiger partial charge in [0.25, 0.3) is 17.4 Å². The molecule has 4 rings (SSSR count). The van der Waals surface area contributed by atoms with E-state index in [0.29, 0.717) is 18.1 Å². The molecule has 1 fully saturated rings. The van der Waals surface area contributed by atoms with Crippen molar-refractivity contribution in [3.05, 3.63) is 54.2 Å². The van der Waals surface area contributed by atoms with Gasteiger partial charge in [-0.3, -0.25) is 19.4 Å². The van der Waals surface area contributed by atoms with Crippen LogP contribution in [0.5, 0.6) is 5.75 Å². The van der Waals surface area contributed by atoms with Crippen LogP contribution in [0, 0.1) is 0 Å². The lowest BCUT2D eigenvalue weighted by molar-refractivity contribution is -0.149.